The summed E-state index contributed by atoms with van der Waals surface area (Å²) in [7, 11) is 3.30. The number of benzene rings is 1. The van der Waals surface area contributed by atoms with Gasteiger partial charge in [-0.2, -0.15) is 0 Å². The standard InChI is InChI=1S/C9H10N4O/c1-13(2)9(14)7-5-3-4-6-8(7)11-12-10/h3-6H,1-2H3. The second-order valence-corrected chi connectivity index (χ2v) is 2.91. The van der Waals surface area contributed by atoms with Gasteiger partial charge in [-0.05, 0) is 11.6 Å². The summed E-state index contributed by atoms with van der Waals surface area (Å²) in [5, 5.41) is 3.44. The highest BCUT2D eigenvalue weighted by Crippen LogP contribution is 2.19. The number of azide groups is 1. The third-order valence-corrected chi connectivity index (χ3v) is 1.69. The van der Waals surface area contributed by atoms with Crippen molar-refractivity contribution in [1.82, 2.24) is 4.90 Å². The summed E-state index contributed by atoms with van der Waals surface area (Å²) in [4.78, 5) is 15.7. The molecule has 1 amide bonds. The molecule has 0 atom stereocenters. The molecule has 0 radical (unpaired) electrons. The van der Waals surface area contributed by atoms with Gasteiger partial charge in [0.1, 0.15) is 0 Å². The largest absolute Gasteiger partial charge is 0.345 e. The van der Waals surface area contributed by atoms with E-state index in [1.54, 1.807) is 38.4 Å². The molecular formula is C9H10N4O. The van der Waals surface area contributed by atoms with Gasteiger partial charge in [0.25, 0.3) is 5.91 Å². The van der Waals surface area contributed by atoms with E-state index in [4.69, 9.17) is 5.53 Å². The van der Waals surface area contributed by atoms with Gasteiger partial charge in [-0.1, -0.05) is 23.3 Å². The maximum Gasteiger partial charge on any atom is 0.253 e. The van der Waals surface area contributed by atoms with Crippen molar-refractivity contribution in [1.29, 1.82) is 0 Å². The predicted molar refractivity (Wildman–Crippen MR) is 53.3 cm³/mol. The van der Waals surface area contributed by atoms with Crippen LogP contribution in [0.1, 0.15) is 10.4 Å². The Hall–Kier alpha value is -2.00. The van der Waals surface area contributed by atoms with Crippen molar-refractivity contribution in [3.63, 3.8) is 0 Å². The van der Waals surface area contributed by atoms with Crippen LogP contribution >= 0.6 is 0 Å². The summed E-state index contributed by atoms with van der Waals surface area (Å²) in [5.41, 5.74) is 9.07. The maximum absolute atomic E-state index is 11.6. The fourth-order valence-electron chi connectivity index (χ4n) is 1.03. The Morgan fingerprint density at radius 1 is 1.43 bits per heavy atom. The number of nitrogens with zero attached hydrogens (tertiary/aromatic N) is 4. The first-order chi connectivity index (χ1) is 6.66. The molecule has 0 saturated heterocycles. The summed E-state index contributed by atoms with van der Waals surface area (Å²) in [5.74, 6) is -0.173. The molecule has 0 fully saturated rings. The minimum absolute atomic E-state index is 0.173. The second kappa shape index (κ2) is 4.30. The highest BCUT2D eigenvalue weighted by molar-refractivity contribution is 5.98. The average Bonchev–Trinajstić information content (AvgIpc) is 2.18. The molecular weight excluding hydrogens is 180 g/mol. The molecule has 0 N–H and O–H groups in total. The van der Waals surface area contributed by atoms with E-state index in [1.807, 2.05) is 0 Å². The highest BCUT2D eigenvalue weighted by Gasteiger charge is 2.10. The van der Waals surface area contributed by atoms with Crippen LogP contribution in [0, 0.1) is 0 Å². The Bertz CT molecular complexity index is 394. The highest BCUT2D eigenvalue weighted by atomic mass is 16.2. The van der Waals surface area contributed by atoms with Gasteiger partial charge in [0.2, 0.25) is 0 Å². The number of hydrogen-bond donors (Lipinski definition) is 0. The van der Waals surface area contributed by atoms with Gasteiger partial charge >= 0.3 is 0 Å². The molecule has 5 nitrogen and oxygen atoms in total. The second-order valence-electron chi connectivity index (χ2n) is 2.91. The topological polar surface area (TPSA) is 69.1 Å². The first-order valence-electron chi connectivity index (χ1n) is 4.02. The quantitative estimate of drug-likeness (QED) is 0.401. The lowest BCUT2D eigenvalue weighted by molar-refractivity contribution is 0.0828. The first-order valence-corrected chi connectivity index (χ1v) is 4.02. The van der Waals surface area contributed by atoms with Gasteiger partial charge in [0.05, 0.1) is 5.69 Å². The van der Waals surface area contributed by atoms with E-state index in [9.17, 15) is 4.79 Å². The molecule has 0 aliphatic heterocycles. The van der Waals surface area contributed by atoms with Crippen molar-refractivity contribution in [3.05, 3.63) is 40.3 Å². The third kappa shape index (κ3) is 2.02. The molecule has 0 unspecified atom stereocenters. The lowest BCUT2D eigenvalue weighted by Crippen LogP contribution is -2.21. The summed E-state index contributed by atoms with van der Waals surface area (Å²) < 4.78 is 0. The summed E-state index contributed by atoms with van der Waals surface area (Å²) in [6.07, 6.45) is 0. The van der Waals surface area contributed by atoms with E-state index < -0.39 is 0 Å². The molecule has 0 spiro atoms. The van der Waals surface area contributed by atoms with Crippen LogP contribution in [-0.4, -0.2) is 24.9 Å². The summed E-state index contributed by atoms with van der Waals surface area (Å²) >= 11 is 0. The van der Waals surface area contributed by atoms with Crippen molar-refractivity contribution in [3.8, 4) is 0 Å². The fourth-order valence-corrected chi connectivity index (χ4v) is 1.03. The number of hydrogen-bond acceptors (Lipinski definition) is 2. The average molecular weight is 190 g/mol. The van der Waals surface area contributed by atoms with E-state index in [1.165, 1.54) is 4.90 Å². The molecule has 0 bridgehead atoms. The number of rotatable bonds is 2. The van der Waals surface area contributed by atoms with Crippen LogP contribution < -0.4 is 0 Å². The maximum atomic E-state index is 11.6. The molecule has 1 aromatic carbocycles. The summed E-state index contributed by atoms with van der Waals surface area (Å²) in [6, 6.07) is 6.69. The molecule has 72 valence electrons. The van der Waals surface area contributed by atoms with E-state index in [2.05, 4.69) is 10.0 Å². The molecule has 1 rings (SSSR count). The van der Waals surface area contributed by atoms with Crippen LogP contribution in [0.4, 0.5) is 5.69 Å². The Balaban J connectivity index is 3.19. The van der Waals surface area contributed by atoms with Crippen LogP contribution in [0.15, 0.2) is 29.4 Å². The zero-order valence-corrected chi connectivity index (χ0v) is 8.01. The Labute approximate surface area is 81.6 Å². The van der Waals surface area contributed by atoms with E-state index in [-0.39, 0.29) is 5.91 Å². The molecule has 1 aromatic rings. The van der Waals surface area contributed by atoms with Crippen LogP contribution in [0.5, 0.6) is 0 Å². The molecule has 5 heteroatoms. The molecule has 0 aromatic heterocycles. The zero-order valence-electron chi connectivity index (χ0n) is 8.01. The predicted octanol–water partition coefficient (Wildman–Crippen LogP) is 2.33. The Kier molecular flexibility index (Phi) is 3.09. The zero-order chi connectivity index (χ0) is 10.6. The smallest absolute Gasteiger partial charge is 0.253 e. The van der Waals surface area contributed by atoms with Gasteiger partial charge in [0, 0.05) is 24.6 Å². The van der Waals surface area contributed by atoms with E-state index in [0.29, 0.717) is 11.3 Å². The van der Waals surface area contributed by atoms with Gasteiger partial charge in [-0.15, -0.1) is 0 Å². The lowest BCUT2D eigenvalue weighted by atomic mass is 10.1. The molecule has 0 saturated carbocycles. The van der Waals surface area contributed by atoms with Gasteiger partial charge in [0.15, 0.2) is 0 Å². The molecule has 0 heterocycles. The Morgan fingerprint density at radius 2 is 2.07 bits per heavy atom. The van der Waals surface area contributed by atoms with Crippen molar-refractivity contribution < 1.29 is 4.79 Å². The van der Waals surface area contributed by atoms with Crippen LogP contribution in [-0.2, 0) is 0 Å². The van der Waals surface area contributed by atoms with Gasteiger partial charge in [-0.3, -0.25) is 4.79 Å². The summed E-state index contributed by atoms with van der Waals surface area (Å²) in [6.45, 7) is 0. The van der Waals surface area contributed by atoms with Crippen LogP contribution in [0.25, 0.3) is 10.4 Å². The minimum atomic E-state index is -0.173. The lowest BCUT2D eigenvalue weighted by Gasteiger charge is -2.11. The van der Waals surface area contributed by atoms with Crippen molar-refractivity contribution >= 4 is 11.6 Å². The van der Waals surface area contributed by atoms with Crippen molar-refractivity contribution in [2.24, 2.45) is 5.11 Å². The minimum Gasteiger partial charge on any atom is -0.345 e. The Morgan fingerprint density at radius 3 is 2.64 bits per heavy atom. The van der Waals surface area contributed by atoms with Crippen molar-refractivity contribution in [2.45, 2.75) is 0 Å². The third-order valence-electron chi connectivity index (χ3n) is 1.69. The normalized spacial score (nSPS) is 9.00. The van der Waals surface area contributed by atoms with E-state index >= 15 is 0 Å². The first kappa shape index (κ1) is 10.1. The van der Waals surface area contributed by atoms with Crippen molar-refractivity contribution in [2.75, 3.05) is 14.1 Å². The molecule has 0 aliphatic rings. The van der Waals surface area contributed by atoms with Gasteiger partial charge in [-0.25, -0.2) is 0 Å². The fraction of sp³-hybridized carbons (Fsp3) is 0.222. The number of carbonyl (C=O) groups is 1. The molecule has 14 heavy (non-hydrogen) atoms. The SMILES string of the molecule is CN(C)C(=O)c1ccccc1N=[N+]=[N-]. The monoisotopic (exact) mass is 190 g/mol. The van der Waals surface area contributed by atoms with E-state index in [0.717, 1.165) is 0 Å². The van der Waals surface area contributed by atoms with Crippen LogP contribution in [0.2, 0.25) is 0 Å². The molecule has 0 aliphatic carbocycles. The number of amides is 1. The van der Waals surface area contributed by atoms with Gasteiger partial charge < -0.3 is 4.90 Å². The van der Waals surface area contributed by atoms with Crippen LogP contribution in [0.3, 0.4) is 0 Å². The number of carbonyl (C=O) groups excluding carboxylic acids is 1.